The van der Waals surface area contributed by atoms with Gasteiger partial charge in [-0.15, -0.1) is 0 Å². The fraction of sp³-hybridized carbons (Fsp3) is 0.455. The van der Waals surface area contributed by atoms with Crippen molar-refractivity contribution in [3.8, 4) is 0 Å². The first-order valence-corrected chi connectivity index (χ1v) is 6.89. The van der Waals surface area contributed by atoms with Gasteiger partial charge in [0.25, 0.3) is 0 Å². The Morgan fingerprint density at radius 3 is 2.88 bits per heavy atom. The summed E-state index contributed by atoms with van der Waals surface area (Å²) in [5, 5.41) is 3.49. The number of nitrogens with one attached hydrogen (secondary N) is 1. The molecule has 1 heterocycles. The van der Waals surface area contributed by atoms with Crippen LogP contribution in [-0.4, -0.2) is 11.6 Å². The highest BCUT2D eigenvalue weighted by molar-refractivity contribution is 7.97. The van der Waals surface area contributed by atoms with Gasteiger partial charge in [0.1, 0.15) is 0 Å². The lowest BCUT2D eigenvalue weighted by atomic mass is 10.1. The SMILES string of the molecule is CCCN1NSc2c(ccc(Cl)c2Cl)C1C. The molecule has 5 heteroatoms. The molecule has 1 aromatic rings. The Morgan fingerprint density at radius 2 is 2.19 bits per heavy atom. The maximum absolute atomic E-state index is 6.19. The van der Waals surface area contributed by atoms with Gasteiger partial charge in [-0.05, 0) is 36.9 Å². The van der Waals surface area contributed by atoms with Crippen molar-refractivity contribution in [3.05, 3.63) is 27.7 Å². The third kappa shape index (κ3) is 2.20. The molecule has 1 aliphatic rings. The zero-order valence-corrected chi connectivity index (χ0v) is 11.6. The average Bonchev–Trinajstić information content (AvgIpc) is 2.28. The second-order valence-electron chi connectivity index (χ2n) is 3.84. The van der Waals surface area contributed by atoms with Gasteiger partial charge in [-0.2, -0.15) is 4.83 Å². The number of halogens is 2. The molecule has 16 heavy (non-hydrogen) atoms. The summed E-state index contributed by atoms with van der Waals surface area (Å²) >= 11 is 13.7. The predicted octanol–water partition coefficient (Wildman–Crippen LogP) is 4.29. The van der Waals surface area contributed by atoms with E-state index in [9.17, 15) is 0 Å². The van der Waals surface area contributed by atoms with E-state index in [0.29, 0.717) is 16.1 Å². The molecule has 0 bridgehead atoms. The largest absolute Gasteiger partial charge is 0.227 e. The normalized spacial score (nSPS) is 20.9. The first-order chi connectivity index (χ1) is 7.65. The van der Waals surface area contributed by atoms with Crippen LogP contribution in [-0.2, 0) is 0 Å². The summed E-state index contributed by atoms with van der Waals surface area (Å²) in [6, 6.07) is 4.26. The number of rotatable bonds is 2. The molecule has 1 aromatic carbocycles. The summed E-state index contributed by atoms with van der Waals surface area (Å²) < 4.78 is 0. The van der Waals surface area contributed by atoms with Crippen molar-refractivity contribution < 1.29 is 0 Å². The van der Waals surface area contributed by atoms with Gasteiger partial charge < -0.3 is 0 Å². The smallest absolute Gasteiger partial charge is 0.0745 e. The lowest BCUT2D eigenvalue weighted by Crippen LogP contribution is -2.39. The van der Waals surface area contributed by atoms with Crippen LogP contribution in [0.25, 0.3) is 0 Å². The van der Waals surface area contributed by atoms with E-state index in [0.717, 1.165) is 17.9 Å². The van der Waals surface area contributed by atoms with Crippen LogP contribution in [0, 0.1) is 0 Å². The van der Waals surface area contributed by atoms with E-state index in [4.69, 9.17) is 23.2 Å². The minimum Gasteiger partial charge on any atom is -0.227 e. The zero-order valence-electron chi connectivity index (χ0n) is 9.26. The number of fused-ring (bicyclic) bond motifs is 1. The summed E-state index contributed by atoms with van der Waals surface area (Å²) in [7, 11) is 0. The number of benzene rings is 1. The van der Waals surface area contributed by atoms with Crippen molar-refractivity contribution >= 4 is 35.1 Å². The van der Waals surface area contributed by atoms with Crippen LogP contribution in [0.15, 0.2) is 17.0 Å². The third-order valence-corrected chi connectivity index (χ3v) is 4.61. The first kappa shape index (κ1) is 12.5. The summed E-state index contributed by atoms with van der Waals surface area (Å²) in [6.07, 6.45) is 1.12. The lowest BCUT2D eigenvalue weighted by Gasteiger charge is -2.35. The molecule has 0 spiro atoms. The highest BCUT2D eigenvalue weighted by Gasteiger charge is 2.26. The van der Waals surface area contributed by atoms with Gasteiger partial charge in [0.05, 0.1) is 10.0 Å². The second kappa shape index (κ2) is 5.15. The van der Waals surface area contributed by atoms with E-state index in [2.05, 4.69) is 29.8 Å². The molecule has 1 atom stereocenters. The Morgan fingerprint density at radius 1 is 1.44 bits per heavy atom. The number of hydrogen-bond acceptors (Lipinski definition) is 3. The maximum atomic E-state index is 6.19. The van der Waals surface area contributed by atoms with Gasteiger partial charge in [0, 0.05) is 17.5 Å². The van der Waals surface area contributed by atoms with Gasteiger partial charge in [-0.1, -0.05) is 36.2 Å². The van der Waals surface area contributed by atoms with Crippen LogP contribution in [0.2, 0.25) is 10.0 Å². The standard InChI is InChI=1S/C11H14Cl2N2S/c1-3-6-15-7(2)8-4-5-9(12)10(13)11(8)16-14-15/h4-5,7,14H,3,6H2,1-2H3. The Labute approximate surface area is 110 Å². The molecule has 1 N–H and O–H groups in total. The molecule has 0 radical (unpaired) electrons. The maximum Gasteiger partial charge on any atom is 0.0745 e. The van der Waals surface area contributed by atoms with Crippen LogP contribution < -0.4 is 4.83 Å². The molecule has 1 unspecified atom stereocenters. The molecule has 0 amide bonds. The number of hydrazine groups is 1. The molecule has 1 aliphatic heterocycles. The topological polar surface area (TPSA) is 15.3 Å². The zero-order chi connectivity index (χ0) is 11.7. The van der Waals surface area contributed by atoms with Crippen LogP contribution in [0.4, 0.5) is 0 Å². The monoisotopic (exact) mass is 276 g/mol. The van der Waals surface area contributed by atoms with Crippen LogP contribution in [0.3, 0.4) is 0 Å². The van der Waals surface area contributed by atoms with Crippen LogP contribution in [0.5, 0.6) is 0 Å². The van der Waals surface area contributed by atoms with Gasteiger partial charge in [-0.25, -0.2) is 5.01 Å². The van der Waals surface area contributed by atoms with Crippen molar-refractivity contribution in [1.29, 1.82) is 0 Å². The molecule has 88 valence electrons. The molecule has 0 aliphatic carbocycles. The average molecular weight is 277 g/mol. The minimum atomic E-state index is 0.325. The number of nitrogens with zero attached hydrogens (tertiary/aromatic N) is 1. The third-order valence-electron chi connectivity index (χ3n) is 2.73. The quantitative estimate of drug-likeness (QED) is 0.812. The minimum absolute atomic E-state index is 0.325. The molecule has 2 rings (SSSR count). The van der Waals surface area contributed by atoms with Crippen LogP contribution >= 0.6 is 35.1 Å². The number of hydrogen-bond donors (Lipinski definition) is 1. The second-order valence-corrected chi connectivity index (χ2v) is 5.42. The van der Waals surface area contributed by atoms with Crippen molar-refractivity contribution in [1.82, 2.24) is 9.84 Å². The Balaban J connectivity index is 2.35. The van der Waals surface area contributed by atoms with E-state index in [1.165, 1.54) is 5.56 Å². The predicted molar refractivity (Wildman–Crippen MR) is 70.9 cm³/mol. The van der Waals surface area contributed by atoms with Gasteiger partial charge >= 0.3 is 0 Å². The first-order valence-electron chi connectivity index (χ1n) is 5.32. The highest BCUT2D eigenvalue weighted by atomic mass is 35.5. The fourth-order valence-corrected chi connectivity index (χ4v) is 3.33. The van der Waals surface area contributed by atoms with Gasteiger partial charge in [0.2, 0.25) is 0 Å². The van der Waals surface area contributed by atoms with E-state index >= 15 is 0 Å². The Kier molecular flexibility index (Phi) is 4.03. The molecule has 0 fully saturated rings. The van der Waals surface area contributed by atoms with E-state index < -0.39 is 0 Å². The van der Waals surface area contributed by atoms with E-state index in [-0.39, 0.29) is 0 Å². The van der Waals surface area contributed by atoms with Gasteiger partial charge in [-0.3, -0.25) is 0 Å². The molecular formula is C11H14Cl2N2S. The van der Waals surface area contributed by atoms with E-state index in [1.807, 2.05) is 6.07 Å². The Bertz CT molecular complexity index is 398. The van der Waals surface area contributed by atoms with E-state index in [1.54, 1.807) is 11.9 Å². The molecule has 0 aromatic heterocycles. The lowest BCUT2D eigenvalue weighted by molar-refractivity contribution is 0.179. The molecule has 0 saturated carbocycles. The summed E-state index contributed by atoms with van der Waals surface area (Å²) in [5.41, 5.74) is 1.24. The summed E-state index contributed by atoms with van der Waals surface area (Å²) in [6.45, 7) is 5.36. The van der Waals surface area contributed by atoms with Gasteiger partial charge in [0.15, 0.2) is 0 Å². The van der Waals surface area contributed by atoms with Crippen molar-refractivity contribution in [3.63, 3.8) is 0 Å². The highest BCUT2D eigenvalue weighted by Crippen LogP contribution is 2.41. The molecule has 0 saturated heterocycles. The Hall–Kier alpha value is 0.0700. The van der Waals surface area contributed by atoms with Crippen molar-refractivity contribution in [2.24, 2.45) is 0 Å². The molecular weight excluding hydrogens is 263 g/mol. The molecule has 2 nitrogen and oxygen atoms in total. The summed E-state index contributed by atoms with van der Waals surface area (Å²) in [4.78, 5) is 4.35. The van der Waals surface area contributed by atoms with Crippen molar-refractivity contribution in [2.45, 2.75) is 31.2 Å². The van der Waals surface area contributed by atoms with Crippen molar-refractivity contribution in [2.75, 3.05) is 6.54 Å². The van der Waals surface area contributed by atoms with Crippen LogP contribution in [0.1, 0.15) is 31.9 Å². The summed E-state index contributed by atoms with van der Waals surface area (Å²) in [5.74, 6) is 0. The fourth-order valence-electron chi connectivity index (χ4n) is 1.81.